The molecule has 0 aromatic carbocycles. The minimum atomic E-state index is 0.0219. The molecule has 0 saturated heterocycles. The topological polar surface area (TPSA) is 71.6 Å². The number of rotatable bonds is 3. The van der Waals surface area contributed by atoms with E-state index in [2.05, 4.69) is 10.1 Å². The maximum atomic E-state index is 11.0. The molecular formula is C12H9ClN4O. The molecule has 0 aliphatic rings. The molecule has 2 aromatic heterocycles. The summed E-state index contributed by atoms with van der Waals surface area (Å²) in [7, 11) is 0. The molecule has 2 rings (SSSR count). The Balaban J connectivity index is 2.34. The fourth-order valence-electron chi connectivity index (χ4n) is 1.53. The summed E-state index contributed by atoms with van der Waals surface area (Å²) in [6.45, 7) is 1.72. The number of carbonyl (C=O) groups excluding carboxylic acids is 1. The second-order valence-corrected chi connectivity index (χ2v) is 4.13. The van der Waals surface area contributed by atoms with E-state index in [9.17, 15) is 4.79 Å². The number of pyridine rings is 1. The average Bonchev–Trinajstić information content (AvgIpc) is 2.76. The third-order valence-corrected chi connectivity index (χ3v) is 2.58. The van der Waals surface area contributed by atoms with Gasteiger partial charge in [0, 0.05) is 17.3 Å². The quantitative estimate of drug-likeness (QED) is 0.792. The molecule has 5 nitrogen and oxygen atoms in total. The van der Waals surface area contributed by atoms with E-state index in [1.165, 1.54) is 11.6 Å². The molecule has 2 heterocycles. The van der Waals surface area contributed by atoms with Gasteiger partial charge in [0.1, 0.15) is 16.9 Å². The van der Waals surface area contributed by atoms with Crippen LogP contribution >= 0.6 is 11.6 Å². The second-order valence-electron chi connectivity index (χ2n) is 3.78. The third-order valence-electron chi connectivity index (χ3n) is 2.29. The Kier molecular flexibility index (Phi) is 3.40. The lowest BCUT2D eigenvalue weighted by molar-refractivity contribution is -0.117. The van der Waals surface area contributed by atoms with Crippen LogP contribution < -0.4 is 0 Å². The summed E-state index contributed by atoms with van der Waals surface area (Å²) in [6, 6.07) is 5.21. The van der Waals surface area contributed by atoms with E-state index in [1.54, 1.807) is 24.5 Å². The Labute approximate surface area is 109 Å². The van der Waals surface area contributed by atoms with Crippen LogP contribution in [-0.4, -0.2) is 20.5 Å². The molecule has 0 bridgehead atoms. The Hall–Kier alpha value is -2.19. The molecule has 0 fully saturated rings. The monoisotopic (exact) mass is 260 g/mol. The first-order chi connectivity index (χ1) is 8.60. The summed E-state index contributed by atoms with van der Waals surface area (Å²) in [4.78, 5) is 14.9. The SMILES string of the molecule is CC(=O)Cn1cc(-c2ccc(C#N)nc2Cl)cn1. The van der Waals surface area contributed by atoms with Gasteiger partial charge >= 0.3 is 0 Å². The molecule has 0 spiro atoms. The van der Waals surface area contributed by atoms with Gasteiger partial charge in [-0.05, 0) is 19.1 Å². The number of ketones is 1. The number of hydrogen-bond acceptors (Lipinski definition) is 4. The first-order valence-corrected chi connectivity index (χ1v) is 5.57. The van der Waals surface area contributed by atoms with Crippen LogP contribution in [0.2, 0.25) is 5.15 Å². The summed E-state index contributed by atoms with van der Waals surface area (Å²) in [5, 5.41) is 13.0. The van der Waals surface area contributed by atoms with Crippen molar-refractivity contribution >= 4 is 17.4 Å². The maximum Gasteiger partial charge on any atom is 0.151 e. The lowest BCUT2D eigenvalue weighted by Crippen LogP contribution is -2.05. The van der Waals surface area contributed by atoms with Crippen LogP contribution in [0.1, 0.15) is 12.6 Å². The van der Waals surface area contributed by atoms with Gasteiger partial charge in [-0.2, -0.15) is 10.4 Å². The summed E-state index contributed by atoms with van der Waals surface area (Å²) in [6.07, 6.45) is 3.33. The Morgan fingerprint density at radius 3 is 2.94 bits per heavy atom. The molecule has 0 atom stereocenters. The van der Waals surface area contributed by atoms with Gasteiger partial charge in [-0.3, -0.25) is 9.48 Å². The maximum absolute atomic E-state index is 11.0. The van der Waals surface area contributed by atoms with Gasteiger partial charge in [-0.15, -0.1) is 0 Å². The van der Waals surface area contributed by atoms with Gasteiger partial charge < -0.3 is 0 Å². The van der Waals surface area contributed by atoms with E-state index in [4.69, 9.17) is 16.9 Å². The zero-order valence-electron chi connectivity index (χ0n) is 9.59. The largest absolute Gasteiger partial charge is 0.298 e. The predicted octanol–water partition coefficient (Wildman–Crippen LogP) is 2.06. The van der Waals surface area contributed by atoms with Crippen LogP contribution in [0.4, 0.5) is 0 Å². The molecule has 2 aromatic rings. The number of hydrogen-bond donors (Lipinski definition) is 0. The lowest BCUT2D eigenvalue weighted by atomic mass is 10.1. The van der Waals surface area contributed by atoms with Crippen molar-refractivity contribution in [3.05, 3.63) is 35.4 Å². The van der Waals surface area contributed by atoms with E-state index in [0.717, 1.165) is 5.56 Å². The van der Waals surface area contributed by atoms with Crippen molar-refractivity contribution in [2.75, 3.05) is 0 Å². The number of Topliss-reactive ketones (excluding diaryl/α,β-unsaturated/α-hetero) is 1. The number of aromatic nitrogens is 3. The van der Waals surface area contributed by atoms with E-state index >= 15 is 0 Å². The summed E-state index contributed by atoms with van der Waals surface area (Å²) in [5.41, 5.74) is 1.71. The van der Waals surface area contributed by atoms with Gasteiger partial charge in [-0.25, -0.2) is 4.98 Å². The number of halogens is 1. The van der Waals surface area contributed by atoms with Gasteiger partial charge in [0.05, 0.1) is 12.7 Å². The Morgan fingerprint density at radius 1 is 1.56 bits per heavy atom. The summed E-state index contributed by atoms with van der Waals surface area (Å²) >= 11 is 5.99. The standard InChI is InChI=1S/C12H9ClN4O/c1-8(18)6-17-7-9(5-15-17)11-3-2-10(4-14)16-12(11)13/h2-3,5,7H,6H2,1H3. The Bertz CT molecular complexity index is 642. The molecule has 90 valence electrons. The van der Waals surface area contributed by atoms with Gasteiger partial charge in [-0.1, -0.05) is 11.6 Å². The van der Waals surface area contributed by atoms with Crippen LogP contribution in [-0.2, 0) is 11.3 Å². The molecular weight excluding hydrogens is 252 g/mol. The van der Waals surface area contributed by atoms with Gasteiger partial charge in [0.15, 0.2) is 5.78 Å². The zero-order valence-corrected chi connectivity index (χ0v) is 10.3. The molecule has 0 saturated carbocycles. The van der Waals surface area contributed by atoms with Crippen LogP contribution in [0.5, 0.6) is 0 Å². The minimum Gasteiger partial charge on any atom is -0.298 e. The normalized spacial score (nSPS) is 10.1. The number of nitriles is 1. The minimum absolute atomic E-state index is 0.0219. The summed E-state index contributed by atoms with van der Waals surface area (Å²) in [5.74, 6) is 0.0219. The average molecular weight is 261 g/mol. The van der Waals surface area contributed by atoms with Gasteiger partial charge in [0.25, 0.3) is 0 Å². The fraction of sp³-hybridized carbons (Fsp3) is 0.167. The third kappa shape index (κ3) is 2.55. The highest BCUT2D eigenvalue weighted by atomic mass is 35.5. The van der Waals surface area contributed by atoms with Crippen molar-refractivity contribution in [2.45, 2.75) is 13.5 Å². The zero-order chi connectivity index (χ0) is 13.1. The highest BCUT2D eigenvalue weighted by Gasteiger charge is 2.09. The van der Waals surface area contributed by atoms with E-state index in [1.807, 2.05) is 6.07 Å². The van der Waals surface area contributed by atoms with E-state index in [0.29, 0.717) is 5.56 Å². The summed E-state index contributed by atoms with van der Waals surface area (Å²) < 4.78 is 1.53. The lowest BCUT2D eigenvalue weighted by Gasteiger charge is -2.00. The number of nitrogens with zero attached hydrogens (tertiary/aromatic N) is 4. The highest BCUT2D eigenvalue weighted by molar-refractivity contribution is 6.32. The first-order valence-electron chi connectivity index (χ1n) is 5.19. The van der Waals surface area contributed by atoms with Crippen LogP contribution in [0.3, 0.4) is 0 Å². The van der Waals surface area contributed by atoms with E-state index < -0.39 is 0 Å². The van der Waals surface area contributed by atoms with Crippen molar-refractivity contribution in [3.8, 4) is 17.2 Å². The van der Waals surface area contributed by atoms with E-state index in [-0.39, 0.29) is 23.2 Å². The molecule has 0 amide bonds. The van der Waals surface area contributed by atoms with Crippen LogP contribution in [0.15, 0.2) is 24.5 Å². The molecule has 0 aliphatic carbocycles. The molecule has 0 N–H and O–H groups in total. The molecule has 0 aliphatic heterocycles. The highest BCUT2D eigenvalue weighted by Crippen LogP contribution is 2.25. The van der Waals surface area contributed by atoms with Crippen molar-refractivity contribution in [1.29, 1.82) is 5.26 Å². The van der Waals surface area contributed by atoms with Gasteiger partial charge in [0.2, 0.25) is 0 Å². The smallest absolute Gasteiger partial charge is 0.151 e. The first kappa shape index (κ1) is 12.3. The van der Waals surface area contributed by atoms with Crippen LogP contribution in [0.25, 0.3) is 11.1 Å². The van der Waals surface area contributed by atoms with Crippen molar-refractivity contribution in [2.24, 2.45) is 0 Å². The molecule has 0 radical (unpaired) electrons. The van der Waals surface area contributed by atoms with Crippen molar-refractivity contribution < 1.29 is 4.79 Å². The second kappa shape index (κ2) is 4.98. The van der Waals surface area contributed by atoms with Crippen molar-refractivity contribution in [3.63, 3.8) is 0 Å². The van der Waals surface area contributed by atoms with Crippen molar-refractivity contribution in [1.82, 2.24) is 14.8 Å². The molecule has 6 heteroatoms. The fourth-order valence-corrected chi connectivity index (χ4v) is 1.79. The molecule has 18 heavy (non-hydrogen) atoms. The molecule has 0 unspecified atom stereocenters. The van der Waals surface area contributed by atoms with Crippen LogP contribution in [0, 0.1) is 11.3 Å². The Morgan fingerprint density at radius 2 is 2.33 bits per heavy atom. The predicted molar refractivity (Wildman–Crippen MR) is 65.9 cm³/mol. The number of carbonyl (C=O) groups is 1.